The van der Waals surface area contributed by atoms with Crippen molar-refractivity contribution in [3.8, 4) is 24.0 Å². The number of allylic oxidation sites excluding steroid dienone is 3. The van der Waals surface area contributed by atoms with Crippen molar-refractivity contribution in [3.05, 3.63) is 70.3 Å². The summed E-state index contributed by atoms with van der Waals surface area (Å²) in [6, 6.07) is 13.3. The van der Waals surface area contributed by atoms with Crippen LogP contribution in [0.4, 0.5) is 0 Å². The van der Waals surface area contributed by atoms with Gasteiger partial charge in [-0.15, -0.1) is 0 Å². The van der Waals surface area contributed by atoms with Crippen LogP contribution in [0.1, 0.15) is 12.5 Å². The fraction of sp³-hybridized carbons (Fsp3) is 0.158. The predicted octanol–water partition coefficient (Wildman–Crippen LogP) is 3.09. The number of nitrogens with zero attached hydrogens (tertiary/aromatic N) is 3. The van der Waals surface area contributed by atoms with E-state index in [0.717, 1.165) is 16.8 Å². The second kappa shape index (κ2) is 7.03. The van der Waals surface area contributed by atoms with Crippen molar-refractivity contribution in [1.82, 2.24) is 4.90 Å². The third-order valence-electron chi connectivity index (χ3n) is 3.30. The first-order valence-electron chi connectivity index (χ1n) is 6.95. The zero-order valence-electron chi connectivity index (χ0n) is 13.2. The third kappa shape index (κ3) is 3.43. The number of ether oxygens (including phenoxy) is 1. The van der Waals surface area contributed by atoms with Gasteiger partial charge in [0.15, 0.2) is 11.3 Å². The van der Waals surface area contributed by atoms with Gasteiger partial charge < -0.3 is 9.64 Å². The number of benzene rings is 1. The van der Waals surface area contributed by atoms with Gasteiger partial charge in [-0.3, -0.25) is 0 Å². The second-order valence-electron chi connectivity index (χ2n) is 5.06. The first-order valence-corrected chi connectivity index (χ1v) is 6.95. The molecule has 0 unspecified atom stereocenters. The van der Waals surface area contributed by atoms with Crippen molar-refractivity contribution in [2.75, 3.05) is 14.1 Å². The molecule has 0 saturated carbocycles. The van der Waals surface area contributed by atoms with Gasteiger partial charge in [0.2, 0.25) is 0 Å². The predicted molar refractivity (Wildman–Crippen MR) is 87.1 cm³/mol. The van der Waals surface area contributed by atoms with E-state index in [0.29, 0.717) is 5.57 Å². The standard InChI is InChI=1S/C19H15N3O/c1-14-17(10-9-15-7-5-4-6-8-15)18(22(2)3)13-23-19(14)16(11-20)12-21/h4-8,13H,1-3H3. The molecule has 0 atom stereocenters. The summed E-state index contributed by atoms with van der Waals surface area (Å²) in [4.78, 5) is 1.88. The van der Waals surface area contributed by atoms with Gasteiger partial charge in [-0.25, -0.2) is 0 Å². The Morgan fingerprint density at radius 3 is 2.26 bits per heavy atom. The Hall–Kier alpha value is -3.42. The number of hydrogen-bond donors (Lipinski definition) is 0. The second-order valence-corrected chi connectivity index (χ2v) is 5.06. The molecule has 4 heteroatoms. The van der Waals surface area contributed by atoms with Gasteiger partial charge in [0, 0.05) is 25.2 Å². The first-order chi connectivity index (χ1) is 11.1. The van der Waals surface area contributed by atoms with Gasteiger partial charge in [0.25, 0.3) is 0 Å². The van der Waals surface area contributed by atoms with Gasteiger partial charge in [-0.1, -0.05) is 30.0 Å². The van der Waals surface area contributed by atoms with Gasteiger partial charge >= 0.3 is 0 Å². The molecule has 1 aliphatic rings. The smallest absolute Gasteiger partial charge is 0.172 e. The van der Waals surface area contributed by atoms with Gasteiger partial charge in [0.05, 0.1) is 11.3 Å². The Morgan fingerprint density at radius 2 is 1.70 bits per heavy atom. The molecule has 0 N–H and O–H groups in total. The average molecular weight is 301 g/mol. The molecular formula is C19H15N3O. The molecule has 23 heavy (non-hydrogen) atoms. The molecule has 0 bridgehead atoms. The van der Waals surface area contributed by atoms with Crippen LogP contribution in [-0.2, 0) is 4.74 Å². The van der Waals surface area contributed by atoms with Gasteiger partial charge in [-0.05, 0) is 19.1 Å². The summed E-state index contributed by atoms with van der Waals surface area (Å²) >= 11 is 0. The monoisotopic (exact) mass is 301 g/mol. The maximum Gasteiger partial charge on any atom is 0.172 e. The minimum Gasteiger partial charge on any atom is -0.460 e. The molecule has 1 aromatic carbocycles. The third-order valence-corrected chi connectivity index (χ3v) is 3.30. The van der Waals surface area contributed by atoms with E-state index < -0.39 is 0 Å². The van der Waals surface area contributed by atoms with Crippen LogP contribution in [0.5, 0.6) is 0 Å². The van der Waals surface area contributed by atoms with E-state index in [1.165, 1.54) is 6.26 Å². The Morgan fingerprint density at radius 1 is 1.04 bits per heavy atom. The molecule has 0 aliphatic carbocycles. The lowest BCUT2D eigenvalue weighted by molar-refractivity contribution is 0.330. The summed E-state index contributed by atoms with van der Waals surface area (Å²) in [6.07, 6.45) is 1.52. The molecule has 0 radical (unpaired) electrons. The average Bonchev–Trinajstić information content (AvgIpc) is 2.56. The minimum atomic E-state index is -0.0597. The number of nitriles is 2. The Labute approximate surface area is 136 Å². The number of hydrogen-bond acceptors (Lipinski definition) is 4. The fourth-order valence-electron chi connectivity index (χ4n) is 2.08. The molecule has 1 aliphatic heterocycles. The van der Waals surface area contributed by atoms with Crippen molar-refractivity contribution in [3.63, 3.8) is 0 Å². The Kier molecular flexibility index (Phi) is 4.88. The molecular weight excluding hydrogens is 286 g/mol. The zero-order valence-corrected chi connectivity index (χ0v) is 13.2. The molecule has 1 aromatic rings. The molecule has 0 amide bonds. The van der Waals surface area contributed by atoms with Crippen molar-refractivity contribution in [1.29, 1.82) is 10.5 Å². The SMILES string of the molecule is CC1=C(C#Cc2ccccc2)C(N(C)C)=COC1=C(C#N)C#N. The van der Waals surface area contributed by atoms with E-state index in [9.17, 15) is 0 Å². The summed E-state index contributed by atoms with van der Waals surface area (Å²) in [5, 5.41) is 18.1. The topological polar surface area (TPSA) is 60.0 Å². The lowest BCUT2D eigenvalue weighted by Gasteiger charge is -2.24. The Bertz CT molecular complexity index is 832. The molecule has 1 heterocycles. The molecule has 4 nitrogen and oxygen atoms in total. The van der Waals surface area contributed by atoms with Crippen LogP contribution in [-0.4, -0.2) is 19.0 Å². The summed E-state index contributed by atoms with van der Waals surface area (Å²) in [7, 11) is 3.77. The summed E-state index contributed by atoms with van der Waals surface area (Å²) < 4.78 is 5.50. The van der Waals surface area contributed by atoms with Crippen LogP contribution in [0.15, 0.2) is 64.8 Å². The van der Waals surface area contributed by atoms with E-state index in [2.05, 4.69) is 11.8 Å². The van der Waals surface area contributed by atoms with Gasteiger partial charge in [0.1, 0.15) is 18.4 Å². The largest absolute Gasteiger partial charge is 0.460 e. The van der Waals surface area contributed by atoms with Crippen LogP contribution < -0.4 is 0 Å². The minimum absolute atomic E-state index is 0.0597. The maximum absolute atomic E-state index is 9.07. The highest BCUT2D eigenvalue weighted by Gasteiger charge is 2.22. The van der Waals surface area contributed by atoms with Crippen LogP contribution in [0.2, 0.25) is 0 Å². The molecule has 0 spiro atoms. The van der Waals surface area contributed by atoms with E-state index in [1.54, 1.807) is 6.92 Å². The lowest BCUT2D eigenvalue weighted by Crippen LogP contribution is -2.17. The molecule has 2 rings (SSSR count). The number of likely N-dealkylation sites (N-methyl/N-ethyl adjacent to an activating group) is 1. The van der Waals surface area contributed by atoms with Crippen molar-refractivity contribution in [2.45, 2.75) is 6.92 Å². The first kappa shape index (κ1) is 16.0. The fourth-order valence-corrected chi connectivity index (χ4v) is 2.08. The zero-order chi connectivity index (χ0) is 16.8. The molecule has 0 aromatic heterocycles. The molecule has 0 fully saturated rings. The maximum atomic E-state index is 9.07. The molecule has 112 valence electrons. The highest BCUT2D eigenvalue weighted by atomic mass is 16.5. The van der Waals surface area contributed by atoms with E-state index in [4.69, 9.17) is 15.3 Å². The van der Waals surface area contributed by atoms with Crippen LogP contribution in [0.3, 0.4) is 0 Å². The lowest BCUT2D eigenvalue weighted by atomic mass is 10.00. The Balaban J connectivity index is 2.58. The highest BCUT2D eigenvalue weighted by Crippen LogP contribution is 2.30. The summed E-state index contributed by atoms with van der Waals surface area (Å²) in [5.74, 6) is 6.51. The highest BCUT2D eigenvalue weighted by molar-refractivity contribution is 5.59. The quantitative estimate of drug-likeness (QED) is 0.591. The van der Waals surface area contributed by atoms with Crippen LogP contribution >= 0.6 is 0 Å². The van der Waals surface area contributed by atoms with Gasteiger partial charge in [-0.2, -0.15) is 10.5 Å². The van der Waals surface area contributed by atoms with Crippen LogP contribution in [0.25, 0.3) is 0 Å². The normalized spacial score (nSPS) is 12.9. The van der Waals surface area contributed by atoms with E-state index >= 15 is 0 Å². The van der Waals surface area contributed by atoms with Crippen molar-refractivity contribution < 1.29 is 4.74 Å². The van der Waals surface area contributed by atoms with E-state index in [1.807, 2.05) is 61.5 Å². The number of rotatable bonds is 1. The van der Waals surface area contributed by atoms with Crippen molar-refractivity contribution >= 4 is 0 Å². The summed E-state index contributed by atoms with van der Waals surface area (Å²) in [6.45, 7) is 1.80. The summed E-state index contributed by atoms with van der Waals surface area (Å²) in [5.41, 5.74) is 3.05. The van der Waals surface area contributed by atoms with E-state index in [-0.39, 0.29) is 11.3 Å². The van der Waals surface area contributed by atoms with Crippen LogP contribution in [0, 0.1) is 34.5 Å². The molecule has 0 saturated heterocycles. The van der Waals surface area contributed by atoms with Crippen molar-refractivity contribution in [2.24, 2.45) is 0 Å².